The van der Waals surface area contributed by atoms with E-state index < -0.39 is 0 Å². The smallest absolute Gasteiger partial charge is 0.319 e. The van der Waals surface area contributed by atoms with E-state index in [-0.39, 0.29) is 12.1 Å². The molecule has 5 heteroatoms. The van der Waals surface area contributed by atoms with Crippen molar-refractivity contribution in [3.8, 4) is 12.3 Å². The largest absolute Gasteiger partial charge is 0.369 e. The number of rotatable bonds is 6. The number of nitrogens with one attached hydrogen (secondary N) is 2. The lowest BCUT2D eigenvalue weighted by Crippen LogP contribution is -2.47. The minimum Gasteiger partial charge on any atom is -0.369 e. The number of benzene rings is 1. The highest BCUT2D eigenvalue weighted by Gasteiger charge is 2.32. The Bertz CT molecular complexity index is 664. The Balaban J connectivity index is 1.27. The van der Waals surface area contributed by atoms with Crippen LogP contribution in [0, 0.1) is 18.3 Å². The van der Waals surface area contributed by atoms with Crippen LogP contribution in [0.15, 0.2) is 24.3 Å². The molecule has 138 valence electrons. The molecule has 2 aliphatic carbocycles. The van der Waals surface area contributed by atoms with Crippen LogP contribution in [0.2, 0.25) is 0 Å². The third-order valence-electron chi connectivity index (χ3n) is 5.71. The van der Waals surface area contributed by atoms with Gasteiger partial charge in [0.05, 0.1) is 0 Å². The summed E-state index contributed by atoms with van der Waals surface area (Å²) < 4.78 is 0. The lowest BCUT2D eigenvalue weighted by atomic mass is 10.1. The van der Waals surface area contributed by atoms with E-state index in [1.165, 1.54) is 18.5 Å². The minimum absolute atomic E-state index is 0.0991. The first-order chi connectivity index (χ1) is 12.7. The molecule has 1 aromatic rings. The molecule has 0 aromatic heterocycles. The first kappa shape index (κ1) is 17.2. The molecule has 2 N–H and O–H groups in total. The molecule has 26 heavy (non-hydrogen) atoms. The van der Waals surface area contributed by atoms with Crippen LogP contribution in [0.25, 0.3) is 0 Å². The second kappa shape index (κ2) is 7.59. The molecule has 4 rings (SSSR count). The van der Waals surface area contributed by atoms with Crippen molar-refractivity contribution in [3.63, 3.8) is 0 Å². The first-order valence-corrected chi connectivity index (χ1v) is 9.83. The van der Waals surface area contributed by atoms with Crippen LogP contribution in [0.4, 0.5) is 16.2 Å². The van der Waals surface area contributed by atoms with Crippen LogP contribution in [-0.2, 0) is 0 Å². The number of anilines is 2. The van der Waals surface area contributed by atoms with E-state index in [4.69, 9.17) is 6.42 Å². The summed E-state index contributed by atoms with van der Waals surface area (Å²) in [4.78, 5) is 17.3. The maximum absolute atomic E-state index is 12.2. The van der Waals surface area contributed by atoms with Gasteiger partial charge in [0.15, 0.2) is 0 Å². The Hall–Kier alpha value is -2.19. The van der Waals surface area contributed by atoms with Gasteiger partial charge in [-0.3, -0.25) is 4.90 Å². The molecule has 0 spiro atoms. The molecule has 1 saturated heterocycles. The summed E-state index contributed by atoms with van der Waals surface area (Å²) in [6, 6.07) is 8.95. The number of hydrogen-bond donors (Lipinski definition) is 2. The van der Waals surface area contributed by atoms with Gasteiger partial charge in [0.25, 0.3) is 0 Å². The van der Waals surface area contributed by atoms with Crippen LogP contribution in [0.5, 0.6) is 0 Å². The van der Waals surface area contributed by atoms with Gasteiger partial charge >= 0.3 is 6.03 Å². The highest BCUT2D eigenvalue weighted by molar-refractivity contribution is 5.89. The van der Waals surface area contributed by atoms with Crippen LogP contribution < -0.4 is 15.5 Å². The Kier molecular flexibility index (Phi) is 5.03. The Labute approximate surface area is 156 Å². The van der Waals surface area contributed by atoms with Crippen LogP contribution in [0.3, 0.4) is 0 Å². The number of carbonyl (C=O) groups is 1. The van der Waals surface area contributed by atoms with Crippen LogP contribution in [0.1, 0.15) is 32.1 Å². The molecule has 2 saturated carbocycles. The maximum atomic E-state index is 12.2. The van der Waals surface area contributed by atoms with Gasteiger partial charge in [-0.2, -0.15) is 0 Å². The fourth-order valence-electron chi connectivity index (χ4n) is 3.84. The standard InChI is InChI=1S/C21H28N4O/c1-2-3-20(16-4-5-16)23-21(26)22-17-6-8-18(9-7-17)24-12-14-25(15-13-24)19-10-11-19/h1,6-9,16,19-20H,3-5,10-15H2,(H2,22,23,26). The Morgan fingerprint density at radius 2 is 1.81 bits per heavy atom. The van der Waals surface area contributed by atoms with Gasteiger partial charge in [0.2, 0.25) is 0 Å². The van der Waals surface area contributed by atoms with Gasteiger partial charge in [-0.05, 0) is 55.9 Å². The van der Waals surface area contributed by atoms with Gasteiger partial charge in [-0.15, -0.1) is 12.3 Å². The molecule has 0 bridgehead atoms. The van der Waals surface area contributed by atoms with E-state index in [1.807, 2.05) is 12.1 Å². The average molecular weight is 352 g/mol. The monoisotopic (exact) mass is 352 g/mol. The van der Waals surface area contributed by atoms with Crippen molar-refractivity contribution < 1.29 is 4.79 Å². The van der Waals surface area contributed by atoms with Crippen molar-refractivity contribution >= 4 is 17.4 Å². The van der Waals surface area contributed by atoms with E-state index in [0.717, 1.165) is 50.7 Å². The number of carbonyl (C=O) groups excluding carboxylic acids is 1. The van der Waals surface area contributed by atoms with E-state index in [0.29, 0.717) is 12.3 Å². The van der Waals surface area contributed by atoms with Gasteiger partial charge in [0.1, 0.15) is 0 Å². The van der Waals surface area contributed by atoms with Gasteiger partial charge in [0, 0.05) is 56.1 Å². The fraction of sp³-hybridized carbons (Fsp3) is 0.571. The highest BCUT2D eigenvalue weighted by Crippen LogP contribution is 2.34. The molecule has 2 amide bonds. The number of piperazine rings is 1. The Morgan fingerprint density at radius 1 is 1.12 bits per heavy atom. The Morgan fingerprint density at radius 3 is 2.38 bits per heavy atom. The van der Waals surface area contributed by atoms with Crippen LogP contribution in [-0.4, -0.2) is 49.2 Å². The SMILES string of the molecule is C#CCC(NC(=O)Nc1ccc(N2CCN(C3CC3)CC2)cc1)C1CC1. The van der Waals surface area contributed by atoms with Crippen molar-refractivity contribution in [2.24, 2.45) is 5.92 Å². The van der Waals surface area contributed by atoms with E-state index in [2.05, 4.69) is 38.5 Å². The number of nitrogens with zero attached hydrogens (tertiary/aromatic N) is 2. The van der Waals surface area contributed by atoms with E-state index >= 15 is 0 Å². The number of amides is 2. The molecule has 1 atom stereocenters. The van der Waals surface area contributed by atoms with E-state index in [9.17, 15) is 4.79 Å². The molecule has 5 nitrogen and oxygen atoms in total. The normalized spacial score (nSPS) is 21.7. The van der Waals surface area contributed by atoms with E-state index in [1.54, 1.807) is 0 Å². The molecule has 3 aliphatic rings. The van der Waals surface area contributed by atoms with Crippen molar-refractivity contribution in [1.82, 2.24) is 10.2 Å². The summed E-state index contributed by atoms with van der Waals surface area (Å²) in [5, 5.41) is 5.95. The summed E-state index contributed by atoms with van der Waals surface area (Å²) in [5.41, 5.74) is 2.05. The van der Waals surface area contributed by atoms with Crippen molar-refractivity contribution in [3.05, 3.63) is 24.3 Å². The fourth-order valence-corrected chi connectivity index (χ4v) is 3.84. The summed E-state index contributed by atoms with van der Waals surface area (Å²) in [5.74, 6) is 3.21. The predicted octanol–water partition coefficient (Wildman–Crippen LogP) is 2.89. The zero-order valence-electron chi connectivity index (χ0n) is 15.3. The summed E-state index contributed by atoms with van der Waals surface area (Å²) in [6.45, 7) is 4.48. The lowest BCUT2D eigenvalue weighted by Gasteiger charge is -2.36. The topological polar surface area (TPSA) is 47.6 Å². The summed E-state index contributed by atoms with van der Waals surface area (Å²) >= 11 is 0. The number of urea groups is 1. The van der Waals surface area contributed by atoms with Crippen molar-refractivity contribution in [2.45, 2.75) is 44.2 Å². The molecule has 3 fully saturated rings. The molecule has 1 aliphatic heterocycles. The quantitative estimate of drug-likeness (QED) is 0.774. The number of hydrogen-bond acceptors (Lipinski definition) is 3. The van der Waals surface area contributed by atoms with Crippen LogP contribution >= 0.6 is 0 Å². The summed E-state index contributed by atoms with van der Waals surface area (Å²) in [6.07, 6.45) is 11.1. The lowest BCUT2D eigenvalue weighted by molar-refractivity contribution is 0.247. The first-order valence-electron chi connectivity index (χ1n) is 9.83. The second-order valence-corrected chi connectivity index (χ2v) is 7.75. The molecule has 1 aromatic carbocycles. The molecule has 1 unspecified atom stereocenters. The number of terminal acetylenes is 1. The molecule has 0 radical (unpaired) electrons. The predicted molar refractivity (Wildman–Crippen MR) is 105 cm³/mol. The van der Waals surface area contributed by atoms with Crippen molar-refractivity contribution in [1.29, 1.82) is 0 Å². The average Bonchev–Trinajstić information content (AvgIpc) is 3.56. The zero-order valence-corrected chi connectivity index (χ0v) is 15.3. The second-order valence-electron chi connectivity index (χ2n) is 7.75. The third kappa shape index (κ3) is 4.31. The molecule has 1 heterocycles. The summed E-state index contributed by atoms with van der Waals surface area (Å²) in [7, 11) is 0. The van der Waals surface area contributed by atoms with Gasteiger partial charge in [-0.1, -0.05) is 0 Å². The molecular weight excluding hydrogens is 324 g/mol. The minimum atomic E-state index is -0.164. The highest BCUT2D eigenvalue weighted by atomic mass is 16.2. The van der Waals surface area contributed by atoms with Gasteiger partial charge < -0.3 is 15.5 Å². The third-order valence-corrected chi connectivity index (χ3v) is 5.71. The van der Waals surface area contributed by atoms with Gasteiger partial charge in [-0.25, -0.2) is 4.79 Å². The van der Waals surface area contributed by atoms with Crippen molar-refractivity contribution in [2.75, 3.05) is 36.4 Å². The zero-order chi connectivity index (χ0) is 17.9. The maximum Gasteiger partial charge on any atom is 0.319 e. The molecular formula is C21H28N4O.